The van der Waals surface area contributed by atoms with Gasteiger partial charge in [0, 0.05) is 18.5 Å². The molecule has 0 fully saturated rings. The summed E-state index contributed by atoms with van der Waals surface area (Å²) in [5.41, 5.74) is 0.867. The fourth-order valence-electron chi connectivity index (χ4n) is 2.40. The number of ether oxygens (including phenoxy) is 1. The fraction of sp³-hybridized carbons (Fsp3) is 0.600. The van der Waals surface area contributed by atoms with Gasteiger partial charge in [0.15, 0.2) is 0 Å². The third-order valence-electron chi connectivity index (χ3n) is 3.72. The maximum atomic E-state index is 11.8. The van der Waals surface area contributed by atoms with Gasteiger partial charge in [-0.25, -0.2) is 0 Å². The van der Waals surface area contributed by atoms with Gasteiger partial charge in [-0.1, -0.05) is 31.0 Å². The molecule has 1 aromatic carbocycles. The third kappa shape index (κ3) is 12.5. The van der Waals surface area contributed by atoms with E-state index in [2.05, 4.69) is 5.32 Å². The lowest BCUT2D eigenvalue weighted by Gasteiger charge is -2.05. The Hall–Kier alpha value is -1.49. The molecule has 1 N–H and O–H groups in total. The van der Waals surface area contributed by atoms with Gasteiger partial charge in [0.25, 0.3) is 0 Å². The van der Waals surface area contributed by atoms with Crippen LogP contribution in [-0.2, 0) is 14.3 Å². The number of carbonyl (C=O) groups is 2. The summed E-state index contributed by atoms with van der Waals surface area (Å²) in [7, 11) is 0. The SMILES string of the molecule is CCOC(=O)CCCCSCCCCCCC(=O)Nc1ccccc1. The van der Waals surface area contributed by atoms with Gasteiger partial charge < -0.3 is 10.1 Å². The number of rotatable bonds is 14. The van der Waals surface area contributed by atoms with Crippen LogP contribution in [-0.4, -0.2) is 30.0 Å². The van der Waals surface area contributed by atoms with Crippen LogP contribution in [0.1, 0.15) is 58.3 Å². The second-order valence-electron chi connectivity index (χ2n) is 5.95. The summed E-state index contributed by atoms with van der Waals surface area (Å²) in [6, 6.07) is 9.59. The highest BCUT2D eigenvalue weighted by atomic mass is 32.2. The number of thioether (sulfide) groups is 1. The Labute approximate surface area is 156 Å². The molecule has 0 radical (unpaired) electrons. The molecule has 0 unspecified atom stereocenters. The summed E-state index contributed by atoms with van der Waals surface area (Å²) in [6.45, 7) is 2.31. The van der Waals surface area contributed by atoms with Gasteiger partial charge in [0.1, 0.15) is 0 Å². The number of anilines is 1. The average Bonchev–Trinajstić information content (AvgIpc) is 2.60. The molecule has 25 heavy (non-hydrogen) atoms. The zero-order chi connectivity index (χ0) is 18.2. The molecule has 0 spiro atoms. The molecule has 0 aliphatic rings. The monoisotopic (exact) mass is 365 g/mol. The molecule has 0 bridgehead atoms. The maximum Gasteiger partial charge on any atom is 0.305 e. The van der Waals surface area contributed by atoms with Gasteiger partial charge >= 0.3 is 5.97 Å². The normalized spacial score (nSPS) is 10.4. The molecule has 1 rings (SSSR count). The van der Waals surface area contributed by atoms with Crippen LogP contribution < -0.4 is 5.32 Å². The largest absolute Gasteiger partial charge is 0.466 e. The summed E-state index contributed by atoms with van der Waals surface area (Å²) < 4.78 is 4.90. The van der Waals surface area contributed by atoms with E-state index in [1.807, 2.05) is 49.0 Å². The summed E-state index contributed by atoms with van der Waals surface area (Å²) in [6.07, 6.45) is 7.55. The van der Waals surface area contributed by atoms with E-state index >= 15 is 0 Å². The van der Waals surface area contributed by atoms with E-state index in [9.17, 15) is 9.59 Å². The molecule has 0 saturated heterocycles. The minimum Gasteiger partial charge on any atom is -0.466 e. The van der Waals surface area contributed by atoms with E-state index in [-0.39, 0.29) is 11.9 Å². The van der Waals surface area contributed by atoms with Gasteiger partial charge in [0.05, 0.1) is 6.61 Å². The van der Waals surface area contributed by atoms with Crippen molar-refractivity contribution < 1.29 is 14.3 Å². The Morgan fingerprint density at radius 2 is 1.56 bits per heavy atom. The van der Waals surface area contributed by atoms with Crippen LogP contribution in [0.3, 0.4) is 0 Å². The van der Waals surface area contributed by atoms with E-state index in [1.165, 1.54) is 12.8 Å². The van der Waals surface area contributed by atoms with E-state index in [4.69, 9.17) is 4.74 Å². The van der Waals surface area contributed by atoms with Gasteiger partial charge in [-0.05, 0) is 56.2 Å². The molecule has 0 aliphatic heterocycles. The van der Waals surface area contributed by atoms with Crippen LogP contribution in [0, 0.1) is 0 Å². The van der Waals surface area contributed by atoms with Crippen molar-refractivity contribution in [2.75, 3.05) is 23.4 Å². The molecule has 0 saturated carbocycles. The molecule has 0 aromatic heterocycles. The Morgan fingerprint density at radius 1 is 0.920 bits per heavy atom. The van der Waals surface area contributed by atoms with Crippen molar-refractivity contribution in [3.8, 4) is 0 Å². The number of amides is 1. The lowest BCUT2D eigenvalue weighted by molar-refractivity contribution is -0.143. The van der Waals surface area contributed by atoms with Crippen molar-refractivity contribution in [3.63, 3.8) is 0 Å². The standard InChI is InChI=1S/C20H31NO3S/c1-2-24-20(23)15-9-11-17-25-16-10-4-3-8-14-19(22)21-18-12-6-5-7-13-18/h5-7,12-13H,2-4,8-11,14-17H2,1H3,(H,21,22). The van der Waals surface area contributed by atoms with Gasteiger partial charge in [-0.2, -0.15) is 11.8 Å². The third-order valence-corrected chi connectivity index (χ3v) is 4.88. The summed E-state index contributed by atoms with van der Waals surface area (Å²) in [5, 5.41) is 2.91. The number of carbonyl (C=O) groups excluding carboxylic acids is 2. The highest BCUT2D eigenvalue weighted by Gasteiger charge is 2.02. The second-order valence-corrected chi connectivity index (χ2v) is 7.18. The summed E-state index contributed by atoms with van der Waals surface area (Å²) in [4.78, 5) is 23.0. The Morgan fingerprint density at radius 3 is 2.28 bits per heavy atom. The highest BCUT2D eigenvalue weighted by molar-refractivity contribution is 7.99. The number of esters is 1. The number of benzene rings is 1. The first-order chi connectivity index (χ1) is 12.2. The number of unbranched alkanes of at least 4 members (excludes halogenated alkanes) is 4. The van der Waals surface area contributed by atoms with E-state index in [1.54, 1.807) is 0 Å². The molecular weight excluding hydrogens is 334 g/mol. The highest BCUT2D eigenvalue weighted by Crippen LogP contribution is 2.12. The molecule has 0 atom stereocenters. The molecule has 1 amide bonds. The molecule has 4 nitrogen and oxygen atoms in total. The van der Waals surface area contributed by atoms with Gasteiger partial charge in [-0.3, -0.25) is 9.59 Å². The molecule has 0 aliphatic carbocycles. The van der Waals surface area contributed by atoms with Gasteiger partial charge in [-0.15, -0.1) is 0 Å². The van der Waals surface area contributed by atoms with Gasteiger partial charge in [0.2, 0.25) is 5.91 Å². The minimum absolute atomic E-state index is 0.0798. The number of nitrogens with one attached hydrogen (secondary N) is 1. The molecule has 0 heterocycles. The first kappa shape index (κ1) is 21.6. The first-order valence-electron chi connectivity index (χ1n) is 9.30. The number of hydrogen-bond acceptors (Lipinski definition) is 4. The van der Waals surface area contributed by atoms with Crippen molar-refractivity contribution in [1.29, 1.82) is 0 Å². The second kappa shape index (κ2) is 14.8. The molecular formula is C20H31NO3S. The fourth-order valence-corrected chi connectivity index (χ4v) is 3.42. The van der Waals surface area contributed by atoms with Crippen molar-refractivity contribution in [2.45, 2.75) is 58.3 Å². The van der Waals surface area contributed by atoms with Crippen molar-refractivity contribution >= 4 is 29.3 Å². The van der Waals surface area contributed by atoms with Crippen LogP contribution >= 0.6 is 11.8 Å². The van der Waals surface area contributed by atoms with Crippen molar-refractivity contribution in [1.82, 2.24) is 0 Å². The molecule has 140 valence electrons. The van der Waals surface area contributed by atoms with Crippen molar-refractivity contribution in [3.05, 3.63) is 30.3 Å². The minimum atomic E-state index is -0.0798. The molecule has 1 aromatic rings. The quantitative estimate of drug-likeness (QED) is 0.370. The van der Waals surface area contributed by atoms with E-state index < -0.39 is 0 Å². The lowest BCUT2D eigenvalue weighted by atomic mass is 10.1. The number of hydrogen-bond donors (Lipinski definition) is 1. The topological polar surface area (TPSA) is 55.4 Å². The lowest BCUT2D eigenvalue weighted by Crippen LogP contribution is -2.10. The van der Waals surface area contributed by atoms with Crippen LogP contribution in [0.25, 0.3) is 0 Å². The number of para-hydroxylation sites is 1. The zero-order valence-electron chi connectivity index (χ0n) is 15.3. The zero-order valence-corrected chi connectivity index (χ0v) is 16.1. The van der Waals surface area contributed by atoms with E-state index in [0.717, 1.165) is 42.9 Å². The van der Waals surface area contributed by atoms with Crippen LogP contribution in [0.2, 0.25) is 0 Å². The smallest absolute Gasteiger partial charge is 0.305 e. The van der Waals surface area contributed by atoms with Crippen LogP contribution in [0.4, 0.5) is 5.69 Å². The first-order valence-corrected chi connectivity index (χ1v) is 10.5. The van der Waals surface area contributed by atoms with Crippen LogP contribution in [0.15, 0.2) is 30.3 Å². The van der Waals surface area contributed by atoms with Crippen LogP contribution in [0.5, 0.6) is 0 Å². The van der Waals surface area contributed by atoms with Crippen molar-refractivity contribution in [2.24, 2.45) is 0 Å². The Kier molecular flexibility index (Phi) is 12.8. The molecule has 5 heteroatoms. The predicted octanol–water partition coefficient (Wildman–Crippen LogP) is 5.04. The Bertz CT molecular complexity index is 479. The summed E-state index contributed by atoms with van der Waals surface area (Å²) >= 11 is 1.95. The Balaban J connectivity index is 1.84. The summed E-state index contributed by atoms with van der Waals surface area (Å²) in [5.74, 6) is 2.29. The van der Waals surface area contributed by atoms with E-state index in [0.29, 0.717) is 19.4 Å². The maximum absolute atomic E-state index is 11.8. The predicted molar refractivity (Wildman–Crippen MR) is 106 cm³/mol. The average molecular weight is 366 g/mol.